The molecule has 5 heteroatoms. The van der Waals surface area contributed by atoms with Crippen LogP contribution in [0.25, 0.3) is 0 Å². The number of nitrogen functional groups attached to an aromatic ring is 1. The standard InChI is InChI=1S/C10H16N4O/c11-8-6-9(15)14-10(13-8)12-7-4-2-1-3-5-7/h6-7H,1-5H2,(H4,11,12,13,14,15). The van der Waals surface area contributed by atoms with Crippen LogP contribution < -0.4 is 16.6 Å². The first-order valence-electron chi connectivity index (χ1n) is 5.37. The second-order valence-electron chi connectivity index (χ2n) is 4.00. The van der Waals surface area contributed by atoms with Crippen molar-refractivity contribution in [3.05, 3.63) is 16.4 Å². The summed E-state index contributed by atoms with van der Waals surface area (Å²) in [5, 5.41) is 3.22. The molecule has 0 aliphatic heterocycles. The highest BCUT2D eigenvalue weighted by molar-refractivity contribution is 5.35. The lowest BCUT2D eigenvalue weighted by molar-refractivity contribution is 0.461. The van der Waals surface area contributed by atoms with E-state index in [9.17, 15) is 4.79 Å². The van der Waals surface area contributed by atoms with Crippen LogP contribution in [0.5, 0.6) is 0 Å². The van der Waals surface area contributed by atoms with Gasteiger partial charge in [0.25, 0.3) is 5.56 Å². The Labute approximate surface area is 88.1 Å². The maximum atomic E-state index is 11.1. The van der Waals surface area contributed by atoms with E-state index >= 15 is 0 Å². The zero-order valence-electron chi connectivity index (χ0n) is 8.62. The molecule has 0 aromatic carbocycles. The van der Waals surface area contributed by atoms with Crippen molar-refractivity contribution in [1.82, 2.24) is 9.97 Å². The molecule has 0 radical (unpaired) electrons. The topological polar surface area (TPSA) is 83.8 Å². The van der Waals surface area contributed by atoms with Crippen LogP contribution >= 0.6 is 0 Å². The van der Waals surface area contributed by atoms with Gasteiger partial charge in [-0.05, 0) is 12.8 Å². The summed E-state index contributed by atoms with van der Waals surface area (Å²) in [7, 11) is 0. The van der Waals surface area contributed by atoms with Crippen molar-refractivity contribution in [3.63, 3.8) is 0 Å². The molecule has 1 aliphatic rings. The Morgan fingerprint density at radius 3 is 2.80 bits per heavy atom. The third-order valence-electron chi connectivity index (χ3n) is 2.71. The minimum absolute atomic E-state index is 0.208. The van der Waals surface area contributed by atoms with Gasteiger partial charge < -0.3 is 11.1 Å². The fraction of sp³-hybridized carbons (Fsp3) is 0.600. The number of nitrogens with two attached hydrogens (primary N) is 1. The van der Waals surface area contributed by atoms with Gasteiger partial charge in [0.05, 0.1) is 0 Å². The molecule has 82 valence electrons. The van der Waals surface area contributed by atoms with Crippen LogP contribution in [0.3, 0.4) is 0 Å². The number of H-pyrrole nitrogens is 1. The third kappa shape index (κ3) is 2.71. The maximum Gasteiger partial charge on any atom is 0.254 e. The van der Waals surface area contributed by atoms with Gasteiger partial charge in [0.15, 0.2) is 0 Å². The minimum atomic E-state index is -0.208. The van der Waals surface area contributed by atoms with E-state index in [1.165, 1.54) is 25.3 Å². The molecule has 0 amide bonds. The average molecular weight is 208 g/mol. The summed E-state index contributed by atoms with van der Waals surface area (Å²) in [4.78, 5) is 17.8. The van der Waals surface area contributed by atoms with Crippen LogP contribution in [0.1, 0.15) is 32.1 Å². The molecule has 1 aromatic rings. The van der Waals surface area contributed by atoms with Crippen molar-refractivity contribution < 1.29 is 0 Å². The van der Waals surface area contributed by atoms with Crippen molar-refractivity contribution in [2.75, 3.05) is 11.1 Å². The molecule has 1 heterocycles. The molecular formula is C10H16N4O. The predicted molar refractivity (Wildman–Crippen MR) is 59.8 cm³/mol. The molecule has 0 bridgehead atoms. The van der Waals surface area contributed by atoms with Gasteiger partial charge in [0, 0.05) is 12.1 Å². The van der Waals surface area contributed by atoms with Gasteiger partial charge in [-0.3, -0.25) is 9.78 Å². The molecular weight excluding hydrogens is 192 g/mol. The SMILES string of the molecule is Nc1cc(=O)[nH]c(NC2CCCCC2)n1. The summed E-state index contributed by atoms with van der Waals surface area (Å²) in [5.41, 5.74) is 5.29. The van der Waals surface area contributed by atoms with Gasteiger partial charge in [0.2, 0.25) is 5.95 Å². The predicted octanol–water partition coefficient (Wildman–Crippen LogP) is 1.10. The van der Waals surface area contributed by atoms with E-state index in [-0.39, 0.29) is 11.4 Å². The molecule has 1 aliphatic carbocycles. The van der Waals surface area contributed by atoms with Gasteiger partial charge >= 0.3 is 0 Å². The Hall–Kier alpha value is -1.52. The maximum absolute atomic E-state index is 11.1. The smallest absolute Gasteiger partial charge is 0.254 e. The van der Waals surface area contributed by atoms with E-state index in [0.717, 1.165) is 12.8 Å². The largest absolute Gasteiger partial charge is 0.383 e. The lowest BCUT2D eigenvalue weighted by Crippen LogP contribution is -2.25. The molecule has 0 unspecified atom stereocenters. The van der Waals surface area contributed by atoms with Crippen LogP contribution in [0.2, 0.25) is 0 Å². The number of nitrogens with zero attached hydrogens (tertiary/aromatic N) is 1. The van der Waals surface area contributed by atoms with Gasteiger partial charge in [-0.15, -0.1) is 0 Å². The summed E-state index contributed by atoms with van der Waals surface area (Å²) in [6.07, 6.45) is 6.06. The molecule has 1 saturated carbocycles. The van der Waals surface area contributed by atoms with E-state index in [1.54, 1.807) is 0 Å². The fourth-order valence-corrected chi connectivity index (χ4v) is 1.99. The molecule has 15 heavy (non-hydrogen) atoms. The van der Waals surface area contributed by atoms with E-state index < -0.39 is 0 Å². The van der Waals surface area contributed by atoms with Gasteiger partial charge in [-0.1, -0.05) is 19.3 Å². The first-order valence-corrected chi connectivity index (χ1v) is 5.37. The molecule has 1 fully saturated rings. The Morgan fingerprint density at radius 1 is 1.40 bits per heavy atom. The van der Waals surface area contributed by atoms with E-state index in [4.69, 9.17) is 5.73 Å². The van der Waals surface area contributed by atoms with Crippen molar-refractivity contribution in [2.24, 2.45) is 0 Å². The van der Waals surface area contributed by atoms with Crippen LogP contribution in [0.15, 0.2) is 10.9 Å². The number of rotatable bonds is 2. The Bertz CT molecular complexity index is 381. The summed E-state index contributed by atoms with van der Waals surface area (Å²) in [6.45, 7) is 0. The lowest BCUT2D eigenvalue weighted by Gasteiger charge is -2.22. The van der Waals surface area contributed by atoms with Crippen LogP contribution in [-0.2, 0) is 0 Å². The molecule has 0 spiro atoms. The molecule has 0 saturated heterocycles. The van der Waals surface area contributed by atoms with E-state index in [0.29, 0.717) is 12.0 Å². The van der Waals surface area contributed by atoms with Gasteiger partial charge in [-0.2, -0.15) is 4.98 Å². The van der Waals surface area contributed by atoms with Crippen molar-refractivity contribution in [1.29, 1.82) is 0 Å². The van der Waals surface area contributed by atoms with Crippen molar-refractivity contribution >= 4 is 11.8 Å². The number of aromatic nitrogens is 2. The Kier molecular flexibility index (Phi) is 2.89. The quantitative estimate of drug-likeness (QED) is 0.679. The third-order valence-corrected chi connectivity index (χ3v) is 2.71. The highest BCUT2D eigenvalue weighted by atomic mass is 16.1. The zero-order chi connectivity index (χ0) is 10.7. The fourth-order valence-electron chi connectivity index (χ4n) is 1.99. The number of aromatic amines is 1. The second kappa shape index (κ2) is 4.33. The Morgan fingerprint density at radius 2 is 2.13 bits per heavy atom. The van der Waals surface area contributed by atoms with Crippen LogP contribution in [-0.4, -0.2) is 16.0 Å². The van der Waals surface area contributed by atoms with Crippen LogP contribution in [0.4, 0.5) is 11.8 Å². The normalized spacial score (nSPS) is 17.6. The number of hydrogen-bond acceptors (Lipinski definition) is 4. The number of nitrogens with one attached hydrogen (secondary N) is 2. The van der Waals surface area contributed by atoms with Crippen molar-refractivity contribution in [3.8, 4) is 0 Å². The monoisotopic (exact) mass is 208 g/mol. The highest BCUT2D eigenvalue weighted by Crippen LogP contribution is 2.19. The Balaban J connectivity index is 2.06. The second-order valence-corrected chi connectivity index (χ2v) is 4.00. The average Bonchev–Trinajstić information content (AvgIpc) is 2.17. The summed E-state index contributed by atoms with van der Waals surface area (Å²) in [6, 6.07) is 1.70. The van der Waals surface area contributed by atoms with E-state index in [1.807, 2.05) is 0 Å². The molecule has 1 aromatic heterocycles. The summed E-state index contributed by atoms with van der Waals surface area (Å²) in [5.74, 6) is 0.754. The molecule has 5 nitrogen and oxygen atoms in total. The molecule has 2 rings (SSSR count). The van der Waals surface area contributed by atoms with Crippen molar-refractivity contribution in [2.45, 2.75) is 38.1 Å². The van der Waals surface area contributed by atoms with Gasteiger partial charge in [-0.25, -0.2) is 0 Å². The summed E-state index contributed by atoms with van der Waals surface area (Å²) >= 11 is 0. The van der Waals surface area contributed by atoms with Gasteiger partial charge in [0.1, 0.15) is 5.82 Å². The minimum Gasteiger partial charge on any atom is -0.383 e. The van der Waals surface area contributed by atoms with Crippen LogP contribution in [0, 0.1) is 0 Å². The molecule has 0 atom stereocenters. The number of anilines is 2. The number of hydrogen-bond donors (Lipinski definition) is 3. The zero-order valence-corrected chi connectivity index (χ0v) is 8.62. The lowest BCUT2D eigenvalue weighted by atomic mass is 9.96. The first-order chi connectivity index (χ1) is 7.24. The summed E-state index contributed by atoms with van der Waals surface area (Å²) < 4.78 is 0. The van der Waals surface area contributed by atoms with E-state index in [2.05, 4.69) is 15.3 Å². The highest BCUT2D eigenvalue weighted by Gasteiger charge is 2.13. The molecule has 4 N–H and O–H groups in total. The first kappa shape index (κ1) is 10.0.